The smallest absolute Gasteiger partial charge is 0.341 e. The maximum Gasteiger partial charge on any atom is 0.341 e. The number of hydrogen-bond acceptors (Lipinski definition) is 4. The van der Waals surface area contributed by atoms with Crippen molar-refractivity contribution in [2.45, 2.75) is 6.54 Å². The quantitative estimate of drug-likeness (QED) is 0.847. The van der Waals surface area contributed by atoms with Crippen molar-refractivity contribution in [2.24, 2.45) is 0 Å². The van der Waals surface area contributed by atoms with E-state index in [1.54, 1.807) is 16.7 Å². The molecule has 2 rings (SSSR count). The number of aromatic nitrogens is 1. The molecule has 2 N–H and O–H groups in total. The van der Waals surface area contributed by atoms with Crippen LogP contribution in [0.5, 0.6) is 5.75 Å². The van der Waals surface area contributed by atoms with Crippen LogP contribution in [0.3, 0.4) is 0 Å². The van der Waals surface area contributed by atoms with E-state index in [1.807, 2.05) is 0 Å². The highest BCUT2D eigenvalue weighted by Crippen LogP contribution is 2.19. The van der Waals surface area contributed by atoms with Gasteiger partial charge in [0.25, 0.3) is 0 Å². The van der Waals surface area contributed by atoms with Crippen molar-refractivity contribution in [1.29, 1.82) is 0 Å². The Kier molecular flexibility index (Phi) is 3.52. The van der Waals surface area contributed by atoms with Crippen LogP contribution in [-0.2, 0) is 6.54 Å². The molecule has 0 fully saturated rings. The summed E-state index contributed by atoms with van der Waals surface area (Å²) in [4.78, 5) is 23.2. The predicted molar refractivity (Wildman–Crippen MR) is 68.8 cm³/mol. The first-order valence-corrected chi connectivity index (χ1v) is 5.64. The minimum atomic E-state index is -1.29. The second-order valence-corrected chi connectivity index (χ2v) is 3.98. The number of aliphatic hydroxyl groups is 1. The lowest BCUT2D eigenvalue weighted by atomic mass is 10.1. The molecule has 2 aromatic rings. The molecule has 1 heterocycles. The molecule has 1 aromatic heterocycles. The molecule has 1 aromatic carbocycles. The lowest BCUT2D eigenvalue weighted by Crippen LogP contribution is -2.19. The van der Waals surface area contributed by atoms with Crippen LogP contribution < -0.4 is 10.2 Å². The van der Waals surface area contributed by atoms with E-state index in [-0.39, 0.29) is 24.1 Å². The first-order valence-electron chi connectivity index (χ1n) is 5.64. The summed E-state index contributed by atoms with van der Waals surface area (Å²) >= 11 is 0. The van der Waals surface area contributed by atoms with Crippen LogP contribution in [-0.4, -0.2) is 34.5 Å². The van der Waals surface area contributed by atoms with Crippen LogP contribution in [0.15, 0.2) is 29.2 Å². The SMILES string of the molecule is COc1ccc2c(c1)c(=O)c(C(=O)O)cn2CCO. The number of rotatable bonds is 4. The highest BCUT2D eigenvalue weighted by atomic mass is 16.5. The molecule has 0 bridgehead atoms. The fraction of sp³-hybridized carbons (Fsp3) is 0.231. The number of methoxy groups -OCH3 is 1. The van der Waals surface area contributed by atoms with Gasteiger partial charge in [-0.15, -0.1) is 0 Å². The maximum atomic E-state index is 12.1. The Morgan fingerprint density at radius 1 is 1.42 bits per heavy atom. The molecule has 0 spiro atoms. The fourth-order valence-electron chi connectivity index (χ4n) is 1.95. The van der Waals surface area contributed by atoms with E-state index < -0.39 is 11.4 Å². The summed E-state index contributed by atoms with van der Waals surface area (Å²) in [5, 5.41) is 18.3. The van der Waals surface area contributed by atoms with Gasteiger partial charge in [-0.25, -0.2) is 4.79 Å². The number of carboxylic acids is 1. The Hall–Kier alpha value is -2.34. The van der Waals surface area contributed by atoms with Gasteiger partial charge in [-0.3, -0.25) is 4.79 Å². The van der Waals surface area contributed by atoms with Crippen LogP contribution in [0.2, 0.25) is 0 Å². The molecule has 100 valence electrons. The zero-order valence-corrected chi connectivity index (χ0v) is 10.3. The standard InChI is InChI=1S/C13H13NO5/c1-19-8-2-3-11-9(6-8)12(16)10(13(17)18)7-14(11)4-5-15/h2-3,6-7,15H,4-5H2,1H3,(H,17,18). The average Bonchev–Trinajstić information content (AvgIpc) is 2.41. The Morgan fingerprint density at radius 2 is 2.16 bits per heavy atom. The molecule has 0 unspecified atom stereocenters. The summed E-state index contributed by atoms with van der Waals surface area (Å²) in [7, 11) is 1.47. The highest BCUT2D eigenvalue weighted by Gasteiger charge is 2.14. The number of carbonyl (C=O) groups is 1. The number of ether oxygens (including phenoxy) is 1. The molecule has 0 amide bonds. The molecule has 0 aliphatic heterocycles. The number of fused-ring (bicyclic) bond motifs is 1. The average molecular weight is 263 g/mol. The van der Waals surface area contributed by atoms with Crippen molar-refractivity contribution >= 4 is 16.9 Å². The van der Waals surface area contributed by atoms with Gasteiger partial charge in [0.05, 0.1) is 24.6 Å². The van der Waals surface area contributed by atoms with Crippen molar-refractivity contribution < 1.29 is 19.7 Å². The molecule has 6 nitrogen and oxygen atoms in total. The molecular weight excluding hydrogens is 250 g/mol. The minimum absolute atomic E-state index is 0.150. The number of hydrogen-bond donors (Lipinski definition) is 2. The Morgan fingerprint density at radius 3 is 2.74 bits per heavy atom. The normalized spacial score (nSPS) is 10.6. The van der Waals surface area contributed by atoms with E-state index in [2.05, 4.69) is 0 Å². The minimum Gasteiger partial charge on any atom is -0.497 e. The topological polar surface area (TPSA) is 88.8 Å². The van der Waals surface area contributed by atoms with Crippen molar-refractivity contribution in [1.82, 2.24) is 4.57 Å². The number of aromatic carboxylic acids is 1. The highest BCUT2D eigenvalue weighted by molar-refractivity contribution is 5.92. The third-order valence-electron chi connectivity index (χ3n) is 2.86. The number of pyridine rings is 1. The number of benzene rings is 1. The van der Waals surface area contributed by atoms with Gasteiger partial charge in [0.15, 0.2) is 0 Å². The van der Waals surface area contributed by atoms with E-state index in [0.717, 1.165) is 0 Å². The Bertz CT molecular complexity index is 689. The van der Waals surface area contributed by atoms with Gasteiger partial charge < -0.3 is 19.5 Å². The third kappa shape index (κ3) is 2.30. The number of nitrogens with zero attached hydrogens (tertiary/aromatic N) is 1. The zero-order chi connectivity index (χ0) is 14.0. The Balaban J connectivity index is 2.84. The molecule has 0 atom stereocenters. The van der Waals surface area contributed by atoms with Crippen LogP contribution >= 0.6 is 0 Å². The second kappa shape index (κ2) is 5.11. The molecule has 19 heavy (non-hydrogen) atoms. The third-order valence-corrected chi connectivity index (χ3v) is 2.86. The summed E-state index contributed by atoms with van der Waals surface area (Å²) in [6, 6.07) is 4.84. The van der Waals surface area contributed by atoms with Gasteiger partial charge in [0.1, 0.15) is 11.3 Å². The van der Waals surface area contributed by atoms with Gasteiger partial charge in [0, 0.05) is 12.7 Å². The monoisotopic (exact) mass is 263 g/mol. The first kappa shape index (κ1) is 13.1. The van der Waals surface area contributed by atoms with Crippen LogP contribution in [0.4, 0.5) is 0 Å². The van der Waals surface area contributed by atoms with Crippen molar-refractivity contribution in [3.63, 3.8) is 0 Å². The molecule has 0 saturated carbocycles. The Labute approximate surface area is 108 Å². The summed E-state index contributed by atoms with van der Waals surface area (Å²) in [5.74, 6) is -0.816. The first-order chi connectivity index (χ1) is 9.08. The van der Waals surface area contributed by atoms with E-state index in [9.17, 15) is 9.59 Å². The second-order valence-electron chi connectivity index (χ2n) is 3.98. The molecule has 0 saturated heterocycles. The van der Waals surface area contributed by atoms with Crippen LogP contribution in [0.25, 0.3) is 10.9 Å². The molecule has 0 radical (unpaired) electrons. The summed E-state index contributed by atoms with van der Waals surface area (Å²) in [6.45, 7) is 0.0620. The zero-order valence-electron chi connectivity index (χ0n) is 10.3. The van der Waals surface area contributed by atoms with Crippen LogP contribution in [0.1, 0.15) is 10.4 Å². The summed E-state index contributed by atoms with van der Waals surface area (Å²) < 4.78 is 6.57. The van der Waals surface area contributed by atoms with Crippen molar-refractivity contribution in [3.8, 4) is 5.75 Å². The maximum absolute atomic E-state index is 12.1. The van der Waals surface area contributed by atoms with Gasteiger partial charge >= 0.3 is 5.97 Å². The summed E-state index contributed by atoms with van der Waals surface area (Å²) in [6.07, 6.45) is 1.25. The molecule has 6 heteroatoms. The van der Waals surface area contributed by atoms with Gasteiger partial charge in [0.2, 0.25) is 5.43 Å². The van der Waals surface area contributed by atoms with Gasteiger partial charge in [-0.05, 0) is 18.2 Å². The van der Waals surface area contributed by atoms with Crippen molar-refractivity contribution in [2.75, 3.05) is 13.7 Å². The van der Waals surface area contributed by atoms with Gasteiger partial charge in [-0.2, -0.15) is 0 Å². The molecular formula is C13H13NO5. The van der Waals surface area contributed by atoms with E-state index in [4.69, 9.17) is 14.9 Å². The number of carboxylic acid groups (broad SMARTS) is 1. The number of aliphatic hydroxyl groups excluding tert-OH is 1. The fourth-order valence-corrected chi connectivity index (χ4v) is 1.95. The van der Waals surface area contributed by atoms with Gasteiger partial charge in [-0.1, -0.05) is 0 Å². The van der Waals surface area contributed by atoms with E-state index >= 15 is 0 Å². The largest absolute Gasteiger partial charge is 0.497 e. The lowest BCUT2D eigenvalue weighted by molar-refractivity contribution is 0.0694. The lowest BCUT2D eigenvalue weighted by Gasteiger charge is -2.11. The van der Waals surface area contributed by atoms with E-state index in [0.29, 0.717) is 11.3 Å². The van der Waals surface area contributed by atoms with Crippen LogP contribution in [0, 0.1) is 0 Å². The predicted octanol–water partition coefficient (Wildman–Crippen LogP) is 0.701. The molecule has 0 aliphatic rings. The van der Waals surface area contributed by atoms with E-state index in [1.165, 1.54) is 19.4 Å². The molecule has 0 aliphatic carbocycles. The van der Waals surface area contributed by atoms with Crippen molar-refractivity contribution in [3.05, 3.63) is 40.2 Å². The summed E-state index contributed by atoms with van der Waals surface area (Å²) in [5.41, 5.74) is -0.324.